The first-order valence-electron chi connectivity index (χ1n) is 7.06. The Morgan fingerprint density at radius 3 is 2.39 bits per heavy atom. The van der Waals surface area contributed by atoms with Gasteiger partial charge < -0.3 is 10.0 Å². The largest absolute Gasteiger partial charge is 0.507 e. The van der Waals surface area contributed by atoms with Crippen LogP contribution in [-0.4, -0.2) is 31.0 Å². The van der Waals surface area contributed by atoms with Crippen LogP contribution in [0.5, 0.6) is 5.75 Å². The van der Waals surface area contributed by atoms with Crippen LogP contribution in [0.4, 0.5) is 5.69 Å². The van der Waals surface area contributed by atoms with Crippen LogP contribution in [0.25, 0.3) is 0 Å². The Kier molecular flexibility index (Phi) is 4.85. The first-order chi connectivity index (χ1) is 10.9. The number of phenolic OH excluding ortho intramolecular Hbond substituents is 1. The summed E-state index contributed by atoms with van der Waals surface area (Å²) in [5.74, 6) is -1.16. The highest BCUT2D eigenvalue weighted by Gasteiger charge is 2.13. The van der Waals surface area contributed by atoms with E-state index in [-0.39, 0.29) is 11.3 Å². The van der Waals surface area contributed by atoms with Crippen LogP contribution in [0.3, 0.4) is 0 Å². The van der Waals surface area contributed by atoms with Crippen LogP contribution in [0.2, 0.25) is 0 Å². The van der Waals surface area contributed by atoms with E-state index < -0.39 is 11.8 Å². The molecular formula is C17H19N3O3. The van der Waals surface area contributed by atoms with E-state index in [1.807, 2.05) is 32.0 Å². The molecule has 0 atom stereocenters. The van der Waals surface area contributed by atoms with Crippen molar-refractivity contribution in [3.8, 4) is 5.75 Å². The molecule has 0 aliphatic rings. The minimum atomic E-state index is -0.580. The van der Waals surface area contributed by atoms with Gasteiger partial charge in [0.2, 0.25) is 0 Å². The summed E-state index contributed by atoms with van der Waals surface area (Å²) in [5, 5.41) is 9.71. The number of amides is 2. The van der Waals surface area contributed by atoms with Crippen LogP contribution in [0.15, 0.2) is 42.5 Å². The van der Waals surface area contributed by atoms with Crippen LogP contribution in [-0.2, 0) is 0 Å². The van der Waals surface area contributed by atoms with Crippen LogP contribution in [0.1, 0.15) is 26.3 Å². The Bertz CT molecular complexity index is 742. The number of aromatic hydroxyl groups is 1. The van der Waals surface area contributed by atoms with Gasteiger partial charge in [0.05, 0.1) is 5.56 Å². The number of carbonyl (C=O) groups is 2. The number of nitrogens with one attached hydrogen (secondary N) is 2. The minimum Gasteiger partial charge on any atom is -0.507 e. The number of carbonyl (C=O) groups excluding carboxylic acids is 2. The summed E-state index contributed by atoms with van der Waals surface area (Å²) in [4.78, 5) is 26.0. The number of nitrogens with zero attached hydrogens (tertiary/aromatic N) is 1. The van der Waals surface area contributed by atoms with Gasteiger partial charge in [-0.3, -0.25) is 20.4 Å². The van der Waals surface area contributed by atoms with Crippen molar-refractivity contribution in [1.82, 2.24) is 10.9 Å². The summed E-state index contributed by atoms with van der Waals surface area (Å²) in [7, 11) is 3.75. The Morgan fingerprint density at radius 2 is 1.70 bits per heavy atom. The van der Waals surface area contributed by atoms with E-state index in [1.165, 1.54) is 6.07 Å². The molecule has 3 N–H and O–H groups in total. The average molecular weight is 313 g/mol. The second-order valence-electron chi connectivity index (χ2n) is 5.37. The van der Waals surface area contributed by atoms with Gasteiger partial charge in [0, 0.05) is 25.3 Å². The number of hydrazine groups is 1. The summed E-state index contributed by atoms with van der Waals surface area (Å²) in [6, 6.07) is 11.7. The molecule has 0 saturated carbocycles. The van der Waals surface area contributed by atoms with Gasteiger partial charge in [-0.05, 0) is 37.3 Å². The Morgan fingerprint density at radius 1 is 1.00 bits per heavy atom. The highest BCUT2D eigenvalue weighted by molar-refractivity contribution is 6.00. The predicted octanol–water partition coefficient (Wildman–Crippen LogP) is 1.84. The molecule has 0 fully saturated rings. The number of rotatable bonds is 3. The molecule has 6 nitrogen and oxygen atoms in total. The minimum absolute atomic E-state index is 0.104. The maximum Gasteiger partial charge on any atom is 0.273 e. The first-order valence-corrected chi connectivity index (χ1v) is 7.06. The molecule has 23 heavy (non-hydrogen) atoms. The maximum absolute atomic E-state index is 12.1. The molecule has 2 aromatic carbocycles. The Hall–Kier alpha value is -3.02. The molecule has 2 aromatic rings. The molecule has 2 amide bonds. The first kappa shape index (κ1) is 16.4. The fourth-order valence-corrected chi connectivity index (χ4v) is 2.01. The second-order valence-corrected chi connectivity index (χ2v) is 5.37. The highest BCUT2D eigenvalue weighted by atomic mass is 16.3. The van der Waals surface area contributed by atoms with Gasteiger partial charge in [-0.25, -0.2) is 0 Å². The molecule has 0 unspecified atom stereocenters. The van der Waals surface area contributed by atoms with E-state index in [9.17, 15) is 14.7 Å². The van der Waals surface area contributed by atoms with Crippen LogP contribution in [0, 0.1) is 6.92 Å². The molecule has 0 aliphatic heterocycles. The third-order valence-corrected chi connectivity index (χ3v) is 3.31. The third-order valence-electron chi connectivity index (χ3n) is 3.31. The van der Waals surface area contributed by atoms with Crippen molar-refractivity contribution in [2.24, 2.45) is 0 Å². The summed E-state index contributed by atoms with van der Waals surface area (Å²) in [6.45, 7) is 1.81. The number of aryl methyl sites for hydroxylation is 1. The summed E-state index contributed by atoms with van der Waals surface area (Å²) in [5.41, 5.74) is 6.88. The zero-order valence-corrected chi connectivity index (χ0v) is 13.3. The van der Waals surface area contributed by atoms with E-state index in [4.69, 9.17) is 0 Å². The quantitative estimate of drug-likeness (QED) is 0.755. The molecule has 0 aliphatic carbocycles. The number of benzene rings is 2. The zero-order valence-electron chi connectivity index (χ0n) is 13.3. The fourth-order valence-electron chi connectivity index (χ4n) is 2.01. The van der Waals surface area contributed by atoms with Crippen LogP contribution < -0.4 is 15.8 Å². The SMILES string of the molecule is Cc1ccc(O)c(C(=O)NNC(=O)c2cccc(N(C)C)c2)c1. The Balaban J connectivity index is 2.05. The summed E-state index contributed by atoms with van der Waals surface area (Å²) >= 11 is 0. The molecule has 0 radical (unpaired) electrons. The fraction of sp³-hybridized carbons (Fsp3) is 0.176. The van der Waals surface area contributed by atoms with Crippen molar-refractivity contribution in [2.45, 2.75) is 6.92 Å². The highest BCUT2D eigenvalue weighted by Crippen LogP contribution is 2.17. The maximum atomic E-state index is 12.1. The lowest BCUT2D eigenvalue weighted by Crippen LogP contribution is -2.41. The van der Waals surface area contributed by atoms with Crippen molar-refractivity contribution in [2.75, 3.05) is 19.0 Å². The Labute approximate surface area is 134 Å². The predicted molar refractivity (Wildman–Crippen MR) is 88.5 cm³/mol. The molecule has 0 heterocycles. The molecule has 120 valence electrons. The van der Waals surface area contributed by atoms with Gasteiger partial charge in [0.1, 0.15) is 5.75 Å². The third kappa shape index (κ3) is 4.00. The molecule has 0 saturated heterocycles. The molecule has 2 rings (SSSR count). The molecule has 0 spiro atoms. The van der Waals surface area contributed by atoms with E-state index in [0.717, 1.165) is 11.3 Å². The van der Waals surface area contributed by atoms with Crippen molar-refractivity contribution in [3.63, 3.8) is 0 Å². The summed E-state index contributed by atoms with van der Waals surface area (Å²) in [6.07, 6.45) is 0. The van der Waals surface area contributed by atoms with E-state index in [1.54, 1.807) is 30.3 Å². The lowest BCUT2D eigenvalue weighted by atomic mass is 10.1. The van der Waals surface area contributed by atoms with Crippen molar-refractivity contribution in [3.05, 3.63) is 59.2 Å². The van der Waals surface area contributed by atoms with Crippen molar-refractivity contribution < 1.29 is 14.7 Å². The lowest BCUT2D eigenvalue weighted by molar-refractivity contribution is 0.0845. The number of phenols is 1. The molecule has 6 heteroatoms. The topological polar surface area (TPSA) is 81.7 Å². The molecule has 0 aromatic heterocycles. The average Bonchev–Trinajstić information content (AvgIpc) is 2.54. The van der Waals surface area contributed by atoms with Crippen LogP contribution >= 0.6 is 0 Å². The van der Waals surface area contributed by atoms with Crippen molar-refractivity contribution >= 4 is 17.5 Å². The smallest absolute Gasteiger partial charge is 0.273 e. The summed E-state index contributed by atoms with van der Waals surface area (Å²) < 4.78 is 0. The molecule has 0 bridgehead atoms. The zero-order chi connectivity index (χ0) is 17.0. The van der Waals surface area contributed by atoms with Gasteiger partial charge >= 0.3 is 0 Å². The van der Waals surface area contributed by atoms with E-state index in [2.05, 4.69) is 10.9 Å². The normalized spacial score (nSPS) is 10.0. The monoisotopic (exact) mass is 313 g/mol. The van der Waals surface area contributed by atoms with E-state index in [0.29, 0.717) is 5.56 Å². The number of hydrogen-bond donors (Lipinski definition) is 3. The van der Waals surface area contributed by atoms with Gasteiger partial charge in [-0.2, -0.15) is 0 Å². The second kappa shape index (κ2) is 6.83. The number of anilines is 1. The lowest BCUT2D eigenvalue weighted by Gasteiger charge is -2.14. The van der Waals surface area contributed by atoms with Crippen molar-refractivity contribution in [1.29, 1.82) is 0 Å². The van der Waals surface area contributed by atoms with Gasteiger partial charge in [0.15, 0.2) is 0 Å². The van der Waals surface area contributed by atoms with Gasteiger partial charge in [-0.15, -0.1) is 0 Å². The van der Waals surface area contributed by atoms with Gasteiger partial charge in [0.25, 0.3) is 11.8 Å². The molecular weight excluding hydrogens is 294 g/mol. The number of hydrogen-bond acceptors (Lipinski definition) is 4. The standard InChI is InChI=1S/C17H19N3O3/c1-11-7-8-15(21)14(9-11)17(23)19-18-16(22)12-5-4-6-13(10-12)20(2)3/h4-10,21H,1-3H3,(H,18,22)(H,19,23). The van der Waals surface area contributed by atoms with E-state index >= 15 is 0 Å². The van der Waals surface area contributed by atoms with Gasteiger partial charge in [-0.1, -0.05) is 17.7 Å².